The van der Waals surface area contributed by atoms with E-state index in [0.29, 0.717) is 11.6 Å². The minimum absolute atomic E-state index is 0.294. The fourth-order valence-electron chi connectivity index (χ4n) is 2.31. The predicted molar refractivity (Wildman–Crippen MR) is 60.6 cm³/mol. The highest BCUT2D eigenvalue weighted by molar-refractivity contribution is 4.86. The van der Waals surface area contributed by atoms with Crippen molar-refractivity contribution in [2.75, 3.05) is 19.8 Å². The molecular formula is C12H25NO. The van der Waals surface area contributed by atoms with Gasteiger partial charge in [-0.2, -0.15) is 0 Å². The highest BCUT2D eigenvalue weighted by Crippen LogP contribution is 2.25. The van der Waals surface area contributed by atoms with Gasteiger partial charge in [-0.25, -0.2) is 0 Å². The topological polar surface area (TPSA) is 12.5 Å². The highest BCUT2D eigenvalue weighted by atomic mass is 16.5. The molecule has 1 fully saturated rings. The van der Waals surface area contributed by atoms with E-state index in [2.05, 4.69) is 32.6 Å². The van der Waals surface area contributed by atoms with Gasteiger partial charge in [-0.1, -0.05) is 6.42 Å². The van der Waals surface area contributed by atoms with Gasteiger partial charge >= 0.3 is 0 Å². The number of piperidine rings is 1. The Bertz CT molecular complexity index is 162. The summed E-state index contributed by atoms with van der Waals surface area (Å²) < 4.78 is 5.56. The van der Waals surface area contributed by atoms with Gasteiger partial charge in [0, 0.05) is 18.2 Å². The monoisotopic (exact) mass is 199 g/mol. The minimum atomic E-state index is 0.294. The van der Waals surface area contributed by atoms with Crippen LogP contribution < -0.4 is 0 Å². The largest absolute Gasteiger partial charge is 0.380 e. The van der Waals surface area contributed by atoms with Crippen LogP contribution in [0.4, 0.5) is 0 Å². The summed E-state index contributed by atoms with van der Waals surface area (Å²) in [5, 5.41) is 0. The molecule has 2 heteroatoms. The molecule has 14 heavy (non-hydrogen) atoms. The Morgan fingerprint density at radius 2 is 2.00 bits per heavy atom. The van der Waals surface area contributed by atoms with Gasteiger partial charge in [0.05, 0.1) is 6.61 Å². The lowest BCUT2D eigenvalue weighted by molar-refractivity contribution is -0.00297. The summed E-state index contributed by atoms with van der Waals surface area (Å²) in [4.78, 5) is 2.60. The normalized spacial score (nSPS) is 25.3. The van der Waals surface area contributed by atoms with Gasteiger partial charge in [-0.3, -0.25) is 4.90 Å². The van der Waals surface area contributed by atoms with Gasteiger partial charge in [-0.15, -0.1) is 0 Å². The molecule has 0 aromatic carbocycles. The van der Waals surface area contributed by atoms with Crippen molar-refractivity contribution in [3.05, 3.63) is 0 Å². The maximum absolute atomic E-state index is 5.56. The lowest BCUT2D eigenvalue weighted by atomic mass is 9.95. The molecule has 0 aromatic heterocycles. The fourth-order valence-corrected chi connectivity index (χ4v) is 2.31. The molecule has 0 aliphatic carbocycles. The van der Waals surface area contributed by atoms with E-state index in [1.807, 2.05) is 0 Å². The summed E-state index contributed by atoms with van der Waals surface area (Å²) >= 11 is 0. The molecule has 1 aliphatic heterocycles. The first-order valence-electron chi connectivity index (χ1n) is 5.90. The Morgan fingerprint density at radius 3 is 2.57 bits per heavy atom. The number of rotatable bonds is 3. The molecular weight excluding hydrogens is 174 g/mol. The second-order valence-electron chi connectivity index (χ2n) is 5.17. The molecule has 1 atom stereocenters. The summed E-state index contributed by atoms with van der Waals surface area (Å²) in [6.07, 6.45) is 4.02. The molecule has 84 valence electrons. The van der Waals surface area contributed by atoms with Crippen LogP contribution in [-0.4, -0.2) is 36.2 Å². The molecule has 1 aliphatic rings. The van der Waals surface area contributed by atoms with Crippen molar-refractivity contribution in [3.8, 4) is 0 Å². The smallest absolute Gasteiger partial charge is 0.0621 e. The summed E-state index contributed by atoms with van der Waals surface area (Å²) in [6.45, 7) is 12.0. The second-order valence-corrected chi connectivity index (χ2v) is 5.17. The Morgan fingerprint density at radius 1 is 1.29 bits per heavy atom. The van der Waals surface area contributed by atoms with Crippen LogP contribution in [-0.2, 0) is 4.74 Å². The highest BCUT2D eigenvalue weighted by Gasteiger charge is 2.30. The Balaban J connectivity index is 2.50. The lowest BCUT2D eigenvalue weighted by Crippen LogP contribution is -2.52. The number of ether oxygens (including phenoxy) is 1. The summed E-state index contributed by atoms with van der Waals surface area (Å²) in [5.41, 5.74) is 0.294. The molecule has 0 amide bonds. The van der Waals surface area contributed by atoms with Gasteiger partial charge in [-0.05, 0) is 47.1 Å². The molecule has 1 rings (SSSR count). The number of nitrogens with zero attached hydrogens (tertiary/aromatic N) is 1. The Hall–Kier alpha value is -0.0800. The van der Waals surface area contributed by atoms with E-state index in [-0.39, 0.29) is 0 Å². The van der Waals surface area contributed by atoms with E-state index in [4.69, 9.17) is 4.74 Å². The average molecular weight is 199 g/mol. The average Bonchev–Trinajstić information content (AvgIpc) is 2.14. The summed E-state index contributed by atoms with van der Waals surface area (Å²) in [6, 6.07) is 0.642. The van der Waals surface area contributed by atoms with Gasteiger partial charge in [0.15, 0.2) is 0 Å². The molecule has 1 unspecified atom stereocenters. The first-order chi connectivity index (χ1) is 6.55. The summed E-state index contributed by atoms with van der Waals surface area (Å²) in [5.74, 6) is 0. The van der Waals surface area contributed by atoms with Crippen molar-refractivity contribution in [1.82, 2.24) is 4.90 Å². The van der Waals surface area contributed by atoms with Crippen LogP contribution in [0.5, 0.6) is 0 Å². The van der Waals surface area contributed by atoms with Crippen LogP contribution in [0.1, 0.15) is 47.0 Å². The van der Waals surface area contributed by atoms with E-state index in [0.717, 1.165) is 13.2 Å². The van der Waals surface area contributed by atoms with Crippen LogP contribution >= 0.6 is 0 Å². The van der Waals surface area contributed by atoms with Crippen LogP contribution in [0.25, 0.3) is 0 Å². The third kappa shape index (κ3) is 3.25. The Kier molecular flexibility index (Phi) is 4.39. The zero-order valence-corrected chi connectivity index (χ0v) is 10.2. The van der Waals surface area contributed by atoms with Gasteiger partial charge in [0.1, 0.15) is 0 Å². The maximum atomic E-state index is 5.56. The third-order valence-electron chi connectivity index (χ3n) is 3.00. The third-order valence-corrected chi connectivity index (χ3v) is 3.00. The van der Waals surface area contributed by atoms with Crippen LogP contribution in [0, 0.1) is 0 Å². The molecule has 1 saturated heterocycles. The van der Waals surface area contributed by atoms with Gasteiger partial charge in [0.2, 0.25) is 0 Å². The summed E-state index contributed by atoms with van der Waals surface area (Å²) in [7, 11) is 0. The van der Waals surface area contributed by atoms with E-state index < -0.39 is 0 Å². The quantitative estimate of drug-likeness (QED) is 0.693. The molecule has 0 N–H and O–H groups in total. The predicted octanol–water partition coefficient (Wildman–Crippen LogP) is 2.68. The van der Waals surface area contributed by atoms with Gasteiger partial charge < -0.3 is 4.74 Å². The van der Waals surface area contributed by atoms with Crippen molar-refractivity contribution in [1.29, 1.82) is 0 Å². The van der Waals surface area contributed by atoms with Crippen molar-refractivity contribution < 1.29 is 4.74 Å². The molecule has 2 nitrogen and oxygen atoms in total. The van der Waals surface area contributed by atoms with Crippen molar-refractivity contribution >= 4 is 0 Å². The molecule has 0 saturated carbocycles. The molecule has 0 aromatic rings. The number of hydrogen-bond acceptors (Lipinski definition) is 2. The van der Waals surface area contributed by atoms with Crippen LogP contribution in [0.3, 0.4) is 0 Å². The first kappa shape index (κ1) is 12.0. The fraction of sp³-hybridized carbons (Fsp3) is 1.00. The first-order valence-corrected chi connectivity index (χ1v) is 5.90. The Labute approximate surface area is 88.6 Å². The molecule has 0 radical (unpaired) electrons. The van der Waals surface area contributed by atoms with E-state index in [9.17, 15) is 0 Å². The number of likely N-dealkylation sites (tertiary alicyclic amines) is 1. The van der Waals surface area contributed by atoms with E-state index in [1.165, 1.54) is 25.8 Å². The standard InChI is InChI=1S/C12H25NO/c1-5-14-10-11-8-6-7-9-13(11)12(2,3)4/h11H,5-10H2,1-4H3. The van der Waals surface area contributed by atoms with Crippen LogP contribution in [0.2, 0.25) is 0 Å². The lowest BCUT2D eigenvalue weighted by Gasteiger charge is -2.44. The zero-order valence-electron chi connectivity index (χ0n) is 10.2. The van der Waals surface area contributed by atoms with E-state index >= 15 is 0 Å². The van der Waals surface area contributed by atoms with Crippen LogP contribution in [0.15, 0.2) is 0 Å². The molecule has 1 heterocycles. The van der Waals surface area contributed by atoms with E-state index in [1.54, 1.807) is 0 Å². The zero-order chi connectivity index (χ0) is 10.6. The molecule has 0 bridgehead atoms. The van der Waals surface area contributed by atoms with Crippen molar-refractivity contribution in [2.45, 2.75) is 58.5 Å². The number of hydrogen-bond donors (Lipinski definition) is 0. The van der Waals surface area contributed by atoms with Crippen molar-refractivity contribution in [3.63, 3.8) is 0 Å². The maximum Gasteiger partial charge on any atom is 0.0621 e. The molecule has 0 spiro atoms. The van der Waals surface area contributed by atoms with Crippen molar-refractivity contribution in [2.24, 2.45) is 0 Å². The second kappa shape index (κ2) is 5.13. The van der Waals surface area contributed by atoms with Gasteiger partial charge in [0.25, 0.3) is 0 Å². The minimum Gasteiger partial charge on any atom is -0.380 e. The SMILES string of the molecule is CCOCC1CCCCN1C(C)(C)C.